The zero-order valence-corrected chi connectivity index (χ0v) is 12.9. The second-order valence-electron chi connectivity index (χ2n) is 6.07. The van der Waals surface area contributed by atoms with Crippen molar-refractivity contribution in [3.8, 4) is 0 Å². The summed E-state index contributed by atoms with van der Waals surface area (Å²) in [4.78, 5) is 21.6. The van der Waals surface area contributed by atoms with Gasteiger partial charge in [0.1, 0.15) is 0 Å². The highest BCUT2D eigenvalue weighted by Crippen LogP contribution is 2.19. The highest BCUT2D eigenvalue weighted by atomic mass is 16.2. The Morgan fingerprint density at radius 1 is 1.24 bits per heavy atom. The minimum Gasteiger partial charge on any atom is -0.337 e. The number of amides is 1. The van der Waals surface area contributed by atoms with Gasteiger partial charge in [0.25, 0.3) is 5.91 Å². The number of hydrogen-bond acceptors (Lipinski definition) is 4. The van der Waals surface area contributed by atoms with Crippen LogP contribution in [-0.4, -0.2) is 66.0 Å². The number of hydrogen-bond donors (Lipinski definition) is 1. The molecule has 1 amide bonds. The van der Waals surface area contributed by atoms with Crippen molar-refractivity contribution in [3.05, 3.63) is 29.1 Å². The summed E-state index contributed by atoms with van der Waals surface area (Å²) in [6.07, 6.45) is 1.09. The second-order valence-corrected chi connectivity index (χ2v) is 6.07. The van der Waals surface area contributed by atoms with Gasteiger partial charge in [0.05, 0.1) is 11.3 Å². The average Bonchev–Trinajstić information content (AvgIpc) is 2.97. The first kappa shape index (κ1) is 14.5. The van der Waals surface area contributed by atoms with Crippen molar-refractivity contribution in [2.24, 2.45) is 0 Å². The van der Waals surface area contributed by atoms with Crippen LogP contribution in [0.15, 0.2) is 12.1 Å². The maximum absolute atomic E-state index is 12.7. The van der Waals surface area contributed by atoms with Gasteiger partial charge in [-0.2, -0.15) is 0 Å². The van der Waals surface area contributed by atoms with Gasteiger partial charge in [-0.25, -0.2) is 0 Å². The summed E-state index contributed by atoms with van der Waals surface area (Å²) in [6.45, 7) is 9.90. The van der Waals surface area contributed by atoms with E-state index in [2.05, 4.69) is 15.2 Å². The van der Waals surface area contributed by atoms with Crippen molar-refractivity contribution in [2.45, 2.75) is 26.3 Å². The molecule has 2 saturated heterocycles. The van der Waals surface area contributed by atoms with Crippen LogP contribution in [0.5, 0.6) is 0 Å². The van der Waals surface area contributed by atoms with Crippen molar-refractivity contribution in [2.75, 3.05) is 39.3 Å². The summed E-state index contributed by atoms with van der Waals surface area (Å²) in [7, 11) is 0. The van der Waals surface area contributed by atoms with E-state index in [1.165, 1.54) is 0 Å². The van der Waals surface area contributed by atoms with Gasteiger partial charge in [0.2, 0.25) is 0 Å². The van der Waals surface area contributed by atoms with Crippen molar-refractivity contribution in [3.63, 3.8) is 0 Å². The number of piperazine rings is 1. The molecule has 1 aromatic rings. The molecule has 0 aromatic carbocycles. The molecule has 2 fully saturated rings. The van der Waals surface area contributed by atoms with Crippen LogP contribution in [-0.2, 0) is 0 Å². The van der Waals surface area contributed by atoms with E-state index in [9.17, 15) is 4.79 Å². The van der Waals surface area contributed by atoms with Gasteiger partial charge in [-0.15, -0.1) is 0 Å². The predicted octanol–water partition coefficient (Wildman–Crippen LogP) is 0.818. The molecule has 114 valence electrons. The smallest absolute Gasteiger partial charge is 0.255 e. The minimum atomic E-state index is 0.137. The van der Waals surface area contributed by atoms with Crippen LogP contribution in [0.1, 0.15) is 28.2 Å². The van der Waals surface area contributed by atoms with Crippen molar-refractivity contribution >= 4 is 5.91 Å². The Bertz CT molecular complexity index is 525. The number of nitrogens with one attached hydrogen (secondary N) is 1. The number of pyridine rings is 1. The van der Waals surface area contributed by atoms with Crippen LogP contribution >= 0.6 is 0 Å². The van der Waals surface area contributed by atoms with Gasteiger partial charge in [0.15, 0.2) is 0 Å². The first-order chi connectivity index (χ1) is 10.1. The van der Waals surface area contributed by atoms with E-state index in [0.717, 1.165) is 62.6 Å². The molecule has 2 aliphatic rings. The molecule has 2 aliphatic heterocycles. The van der Waals surface area contributed by atoms with E-state index in [4.69, 9.17) is 0 Å². The van der Waals surface area contributed by atoms with Crippen molar-refractivity contribution < 1.29 is 4.79 Å². The highest BCUT2D eigenvalue weighted by molar-refractivity contribution is 5.95. The number of likely N-dealkylation sites (tertiary alicyclic amines) is 1. The van der Waals surface area contributed by atoms with Crippen molar-refractivity contribution in [1.82, 2.24) is 20.1 Å². The number of nitrogens with zero attached hydrogens (tertiary/aromatic N) is 3. The number of rotatable bonds is 2. The standard InChI is InChI=1S/C16H24N4O/c1-12-3-4-15(13(2)18-12)16(21)20-8-5-14(11-20)19-9-6-17-7-10-19/h3-4,14,17H,5-11H2,1-2H3. The lowest BCUT2D eigenvalue weighted by Crippen LogP contribution is -2.49. The molecule has 0 radical (unpaired) electrons. The molecule has 1 unspecified atom stereocenters. The Balaban J connectivity index is 1.66. The molecule has 1 aromatic heterocycles. The number of aryl methyl sites for hydroxylation is 2. The topological polar surface area (TPSA) is 48.5 Å². The van der Waals surface area contributed by atoms with E-state index in [0.29, 0.717) is 6.04 Å². The lowest BCUT2D eigenvalue weighted by Gasteiger charge is -2.32. The minimum absolute atomic E-state index is 0.137. The molecule has 1 atom stereocenters. The van der Waals surface area contributed by atoms with Crippen LogP contribution < -0.4 is 5.32 Å². The third kappa shape index (κ3) is 3.09. The zero-order chi connectivity index (χ0) is 14.8. The molecule has 0 saturated carbocycles. The molecule has 3 heterocycles. The average molecular weight is 288 g/mol. The largest absolute Gasteiger partial charge is 0.337 e. The van der Waals surface area contributed by atoms with E-state index >= 15 is 0 Å². The number of carbonyl (C=O) groups is 1. The Hall–Kier alpha value is -1.46. The van der Waals surface area contributed by atoms with Crippen LogP contribution in [0.3, 0.4) is 0 Å². The maximum atomic E-state index is 12.7. The Kier molecular flexibility index (Phi) is 4.22. The normalized spacial score (nSPS) is 23.5. The van der Waals surface area contributed by atoms with Gasteiger partial charge in [0, 0.05) is 51.0 Å². The fraction of sp³-hybridized carbons (Fsp3) is 0.625. The summed E-state index contributed by atoms with van der Waals surface area (Å²) in [5.41, 5.74) is 2.55. The lowest BCUT2D eigenvalue weighted by molar-refractivity contribution is 0.0772. The Morgan fingerprint density at radius 2 is 2.00 bits per heavy atom. The number of carbonyl (C=O) groups excluding carboxylic acids is 1. The molecule has 0 bridgehead atoms. The van der Waals surface area contributed by atoms with E-state index in [1.54, 1.807) is 0 Å². The molecular weight excluding hydrogens is 264 g/mol. The van der Waals surface area contributed by atoms with Crippen LogP contribution in [0.25, 0.3) is 0 Å². The third-order valence-electron chi connectivity index (χ3n) is 4.57. The van der Waals surface area contributed by atoms with Gasteiger partial charge < -0.3 is 10.2 Å². The SMILES string of the molecule is Cc1ccc(C(=O)N2CCC(N3CCNCC3)C2)c(C)n1. The monoisotopic (exact) mass is 288 g/mol. The quantitative estimate of drug-likeness (QED) is 0.875. The highest BCUT2D eigenvalue weighted by Gasteiger charge is 2.31. The molecule has 0 spiro atoms. The third-order valence-corrected chi connectivity index (χ3v) is 4.57. The zero-order valence-electron chi connectivity index (χ0n) is 12.9. The predicted molar refractivity (Wildman–Crippen MR) is 82.5 cm³/mol. The summed E-state index contributed by atoms with van der Waals surface area (Å²) < 4.78 is 0. The van der Waals surface area contributed by atoms with Crippen LogP contribution in [0.4, 0.5) is 0 Å². The molecule has 5 heteroatoms. The summed E-state index contributed by atoms with van der Waals surface area (Å²) in [5, 5.41) is 3.38. The van der Waals surface area contributed by atoms with Gasteiger partial charge in [-0.05, 0) is 32.4 Å². The van der Waals surface area contributed by atoms with Gasteiger partial charge >= 0.3 is 0 Å². The summed E-state index contributed by atoms with van der Waals surface area (Å²) in [6, 6.07) is 4.36. The van der Waals surface area contributed by atoms with E-state index in [-0.39, 0.29) is 5.91 Å². The summed E-state index contributed by atoms with van der Waals surface area (Å²) >= 11 is 0. The van der Waals surface area contributed by atoms with Crippen LogP contribution in [0, 0.1) is 13.8 Å². The van der Waals surface area contributed by atoms with Crippen LogP contribution in [0.2, 0.25) is 0 Å². The number of aromatic nitrogens is 1. The summed E-state index contributed by atoms with van der Waals surface area (Å²) in [5.74, 6) is 0.137. The van der Waals surface area contributed by atoms with E-state index < -0.39 is 0 Å². The fourth-order valence-corrected chi connectivity index (χ4v) is 3.35. The Labute approximate surface area is 126 Å². The molecule has 0 aliphatic carbocycles. The second kappa shape index (κ2) is 6.12. The Morgan fingerprint density at radius 3 is 2.71 bits per heavy atom. The van der Waals surface area contributed by atoms with Crippen molar-refractivity contribution in [1.29, 1.82) is 0 Å². The molecular formula is C16H24N4O. The molecule has 5 nitrogen and oxygen atoms in total. The molecule has 3 rings (SSSR count). The molecule has 1 N–H and O–H groups in total. The maximum Gasteiger partial charge on any atom is 0.255 e. The molecule has 21 heavy (non-hydrogen) atoms. The first-order valence-electron chi connectivity index (χ1n) is 7.83. The van der Waals surface area contributed by atoms with Gasteiger partial charge in [-0.1, -0.05) is 0 Å². The van der Waals surface area contributed by atoms with E-state index in [1.807, 2.05) is 30.9 Å². The fourth-order valence-electron chi connectivity index (χ4n) is 3.35. The lowest BCUT2D eigenvalue weighted by atomic mass is 10.1. The van der Waals surface area contributed by atoms with Gasteiger partial charge in [-0.3, -0.25) is 14.7 Å². The first-order valence-corrected chi connectivity index (χ1v) is 7.83.